The number of rotatable bonds is 7. The Balaban J connectivity index is 2.20. The van der Waals surface area contributed by atoms with Gasteiger partial charge >= 0.3 is 11.7 Å². The maximum Gasteiger partial charge on any atom is 0.344 e. The van der Waals surface area contributed by atoms with Gasteiger partial charge in [-0.3, -0.25) is 10.1 Å². The number of nitrogen functional groups attached to an aromatic ring is 1. The van der Waals surface area contributed by atoms with E-state index < -0.39 is 17.5 Å². The highest BCUT2D eigenvalue weighted by atomic mass is 16.6. The molecule has 0 aromatic heterocycles. The number of nitrogens with two attached hydrogens (primary N) is 1. The number of nitrogens with zero attached hydrogens (tertiary/aromatic N) is 1. The average molecular weight is 331 g/mol. The standard InChI is InChI=1S/C16H17N3O5/c1-2-23-16(20)10-24-15-9-13(6-7-14(15)19(21)22)18-12-5-3-4-11(17)8-12/h3-9,18H,2,10,17H2,1H3. The first-order valence-electron chi connectivity index (χ1n) is 7.19. The Morgan fingerprint density at radius 2 is 2.00 bits per heavy atom. The number of hydrogen-bond acceptors (Lipinski definition) is 7. The van der Waals surface area contributed by atoms with E-state index in [1.54, 1.807) is 37.3 Å². The van der Waals surface area contributed by atoms with Gasteiger partial charge in [0.05, 0.1) is 11.5 Å². The lowest BCUT2D eigenvalue weighted by Crippen LogP contribution is -2.15. The van der Waals surface area contributed by atoms with Crippen LogP contribution in [0.25, 0.3) is 0 Å². The summed E-state index contributed by atoms with van der Waals surface area (Å²) in [6.45, 7) is 1.47. The summed E-state index contributed by atoms with van der Waals surface area (Å²) in [5.41, 5.74) is 7.34. The number of esters is 1. The number of carbonyl (C=O) groups excluding carboxylic acids is 1. The topological polar surface area (TPSA) is 117 Å². The van der Waals surface area contributed by atoms with Gasteiger partial charge in [0.25, 0.3) is 0 Å². The van der Waals surface area contributed by atoms with E-state index in [2.05, 4.69) is 5.32 Å². The molecule has 0 saturated heterocycles. The van der Waals surface area contributed by atoms with Gasteiger partial charge in [-0.2, -0.15) is 0 Å². The molecule has 0 spiro atoms. The third-order valence-electron chi connectivity index (χ3n) is 2.98. The van der Waals surface area contributed by atoms with E-state index in [1.807, 2.05) is 0 Å². The largest absolute Gasteiger partial charge is 0.475 e. The van der Waals surface area contributed by atoms with E-state index in [-0.39, 0.29) is 18.0 Å². The average Bonchev–Trinajstić information content (AvgIpc) is 2.53. The zero-order valence-electron chi connectivity index (χ0n) is 13.0. The van der Waals surface area contributed by atoms with Gasteiger partial charge in [0, 0.05) is 29.2 Å². The maximum atomic E-state index is 11.4. The molecule has 126 valence electrons. The molecular weight excluding hydrogens is 314 g/mol. The molecule has 0 aliphatic heterocycles. The van der Waals surface area contributed by atoms with Crippen molar-refractivity contribution in [1.29, 1.82) is 0 Å². The molecule has 8 heteroatoms. The normalized spacial score (nSPS) is 10.0. The zero-order chi connectivity index (χ0) is 17.5. The van der Waals surface area contributed by atoms with Gasteiger partial charge in [0.15, 0.2) is 12.4 Å². The Morgan fingerprint density at radius 3 is 2.67 bits per heavy atom. The fourth-order valence-corrected chi connectivity index (χ4v) is 1.98. The number of nitro groups is 1. The number of nitro benzene ring substituents is 1. The Morgan fingerprint density at radius 1 is 1.25 bits per heavy atom. The molecule has 0 fully saturated rings. The number of carbonyl (C=O) groups is 1. The molecule has 0 amide bonds. The molecular formula is C16H17N3O5. The summed E-state index contributed by atoms with van der Waals surface area (Å²) in [5.74, 6) is -0.622. The predicted octanol–water partition coefficient (Wildman–Crippen LogP) is 2.86. The maximum absolute atomic E-state index is 11.4. The lowest BCUT2D eigenvalue weighted by Gasteiger charge is -2.10. The lowest BCUT2D eigenvalue weighted by molar-refractivity contribution is -0.385. The third-order valence-corrected chi connectivity index (χ3v) is 2.98. The van der Waals surface area contributed by atoms with Crippen LogP contribution in [0.5, 0.6) is 5.75 Å². The van der Waals surface area contributed by atoms with Crippen molar-refractivity contribution in [3.8, 4) is 5.75 Å². The molecule has 0 aliphatic carbocycles. The fourth-order valence-electron chi connectivity index (χ4n) is 1.98. The molecule has 2 aromatic rings. The van der Waals surface area contributed by atoms with Crippen molar-refractivity contribution < 1.29 is 19.2 Å². The number of ether oxygens (including phenoxy) is 2. The second-order valence-corrected chi connectivity index (χ2v) is 4.78. The highest BCUT2D eigenvalue weighted by Crippen LogP contribution is 2.31. The van der Waals surface area contributed by atoms with E-state index in [1.165, 1.54) is 12.1 Å². The molecule has 8 nitrogen and oxygen atoms in total. The van der Waals surface area contributed by atoms with Crippen molar-refractivity contribution >= 4 is 28.7 Å². The number of anilines is 3. The molecule has 2 rings (SSSR count). The van der Waals surface area contributed by atoms with Gasteiger partial charge < -0.3 is 20.5 Å². The number of nitrogens with one attached hydrogen (secondary N) is 1. The summed E-state index contributed by atoms with van der Waals surface area (Å²) in [6.07, 6.45) is 0. The molecule has 0 aliphatic rings. The van der Waals surface area contributed by atoms with Crippen LogP contribution in [0.3, 0.4) is 0 Å². The minimum Gasteiger partial charge on any atom is -0.475 e. The van der Waals surface area contributed by atoms with E-state index >= 15 is 0 Å². The molecule has 0 bridgehead atoms. The van der Waals surface area contributed by atoms with E-state index in [9.17, 15) is 14.9 Å². The molecule has 0 unspecified atom stereocenters. The summed E-state index contributed by atoms with van der Waals surface area (Å²) in [6, 6.07) is 11.3. The van der Waals surface area contributed by atoms with Crippen molar-refractivity contribution in [3.05, 3.63) is 52.6 Å². The molecule has 0 radical (unpaired) electrons. The first-order chi connectivity index (χ1) is 11.5. The Labute approximate surface area is 138 Å². The number of hydrogen-bond donors (Lipinski definition) is 2. The van der Waals surface area contributed by atoms with Crippen LogP contribution >= 0.6 is 0 Å². The van der Waals surface area contributed by atoms with Crippen molar-refractivity contribution in [3.63, 3.8) is 0 Å². The molecule has 3 N–H and O–H groups in total. The van der Waals surface area contributed by atoms with Crippen molar-refractivity contribution in [2.75, 3.05) is 24.3 Å². The van der Waals surface area contributed by atoms with Gasteiger partial charge in [0.2, 0.25) is 0 Å². The van der Waals surface area contributed by atoms with Crippen LogP contribution in [-0.4, -0.2) is 24.1 Å². The van der Waals surface area contributed by atoms with E-state index in [4.69, 9.17) is 15.2 Å². The number of benzene rings is 2. The molecule has 0 atom stereocenters. The van der Waals surface area contributed by atoms with Gasteiger partial charge in [-0.05, 0) is 31.2 Å². The molecule has 2 aromatic carbocycles. The summed E-state index contributed by atoms with van der Waals surface area (Å²) >= 11 is 0. The van der Waals surface area contributed by atoms with Gasteiger partial charge in [-0.1, -0.05) is 6.07 Å². The second kappa shape index (κ2) is 7.82. The Kier molecular flexibility index (Phi) is 5.56. The Hall–Kier alpha value is -3.29. The van der Waals surface area contributed by atoms with Crippen LogP contribution in [-0.2, 0) is 9.53 Å². The van der Waals surface area contributed by atoms with Gasteiger partial charge in [-0.15, -0.1) is 0 Å². The molecule has 0 heterocycles. The monoisotopic (exact) mass is 331 g/mol. The van der Waals surface area contributed by atoms with Crippen LogP contribution < -0.4 is 15.8 Å². The SMILES string of the molecule is CCOC(=O)COc1cc(Nc2cccc(N)c2)ccc1[N+](=O)[O-]. The lowest BCUT2D eigenvalue weighted by atomic mass is 10.2. The molecule has 0 saturated carbocycles. The minimum absolute atomic E-state index is 0.0260. The highest BCUT2D eigenvalue weighted by molar-refractivity contribution is 5.72. The second-order valence-electron chi connectivity index (χ2n) is 4.78. The Bertz CT molecular complexity index is 748. The van der Waals surface area contributed by atoms with Gasteiger partial charge in [-0.25, -0.2) is 4.79 Å². The van der Waals surface area contributed by atoms with E-state index in [0.29, 0.717) is 11.4 Å². The summed E-state index contributed by atoms with van der Waals surface area (Å²) in [5, 5.41) is 14.1. The van der Waals surface area contributed by atoms with Crippen LogP contribution in [0.2, 0.25) is 0 Å². The molecule has 24 heavy (non-hydrogen) atoms. The minimum atomic E-state index is -0.596. The van der Waals surface area contributed by atoms with Crippen LogP contribution in [0, 0.1) is 10.1 Å². The summed E-state index contributed by atoms with van der Waals surface area (Å²) < 4.78 is 9.97. The zero-order valence-corrected chi connectivity index (χ0v) is 13.0. The summed E-state index contributed by atoms with van der Waals surface area (Å²) in [7, 11) is 0. The van der Waals surface area contributed by atoms with Crippen LogP contribution in [0.4, 0.5) is 22.7 Å². The third kappa shape index (κ3) is 4.60. The quantitative estimate of drug-likeness (QED) is 0.347. The summed E-state index contributed by atoms with van der Waals surface area (Å²) in [4.78, 5) is 21.9. The van der Waals surface area contributed by atoms with Crippen molar-refractivity contribution in [2.45, 2.75) is 6.92 Å². The highest BCUT2D eigenvalue weighted by Gasteiger charge is 2.17. The van der Waals surface area contributed by atoms with Gasteiger partial charge in [0.1, 0.15) is 0 Å². The van der Waals surface area contributed by atoms with Crippen molar-refractivity contribution in [1.82, 2.24) is 0 Å². The van der Waals surface area contributed by atoms with Crippen LogP contribution in [0.1, 0.15) is 6.92 Å². The van der Waals surface area contributed by atoms with E-state index in [0.717, 1.165) is 5.69 Å². The first kappa shape index (κ1) is 17.1. The van der Waals surface area contributed by atoms with Crippen LogP contribution in [0.15, 0.2) is 42.5 Å². The smallest absolute Gasteiger partial charge is 0.344 e. The first-order valence-corrected chi connectivity index (χ1v) is 7.19. The fraction of sp³-hybridized carbons (Fsp3) is 0.188. The van der Waals surface area contributed by atoms with Crippen molar-refractivity contribution in [2.24, 2.45) is 0 Å². The predicted molar refractivity (Wildman–Crippen MR) is 89.4 cm³/mol.